The fourth-order valence-electron chi connectivity index (χ4n) is 4.80. The first-order valence-corrected chi connectivity index (χ1v) is 16.3. The Morgan fingerprint density at radius 3 is 1.24 bits per heavy atom. The first kappa shape index (κ1) is 19.0. The van der Waals surface area contributed by atoms with Gasteiger partial charge in [0.1, 0.15) is 0 Å². The van der Waals surface area contributed by atoms with E-state index in [9.17, 15) is 0 Å². The van der Waals surface area contributed by atoms with Gasteiger partial charge in [0.15, 0.2) is 0 Å². The Kier molecular flexibility index (Phi) is 5.03. The molecule has 2 atom stereocenters. The molecule has 0 nitrogen and oxygen atoms in total. The van der Waals surface area contributed by atoms with Crippen LogP contribution in [0.5, 0.6) is 0 Å². The van der Waals surface area contributed by atoms with Gasteiger partial charge in [-0.1, -0.05) is 0 Å². The molecule has 1 aliphatic carbocycles. The molecule has 0 saturated heterocycles. The van der Waals surface area contributed by atoms with Crippen LogP contribution in [0.3, 0.4) is 0 Å². The van der Waals surface area contributed by atoms with Crippen LogP contribution >= 0.6 is 0 Å². The fraction of sp³-hybridized carbons (Fsp3) is 0.111. The molecule has 0 saturated carbocycles. The van der Waals surface area contributed by atoms with E-state index in [1.54, 1.807) is 0 Å². The summed E-state index contributed by atoms with van der Waals surface area (Å²) in [6, 6.07) is 36.9. The number of hydrogen-bond donors (Lipinski definition) is 0. The third-order valence-corrected chi connectivity index (χ3v) is 9.99. The number of hydrogen-bond acceptors (Lipinski definition) is 0. The molecule has 5 rings (SSSR count). The van der Waals surface area contributed by atoms with Crippen LogP contribution in [0.25, 0.3) is 11.1 Å². The van der Waals surface area contributed by atoms with E-state index in [2.05, 4.69) is 108 Å². The molecule has 29 heavy (non-hydrogen) atoms. The molecule has 2 unspecified atom stereocenters. The zero-order valence-corrected chi connectivity index (χ0v) is 20.9. The van der Waals surface area contributed by atoms with Crippen molar-refractivity contribution in [2.75, 3.05) is 0 Å². The molecule has 0 amide bonds. The van der Waals surface area contributed by atoms with Gasteiger partial charge in [0.05, 0.1) is 0 Å². The second-order valence-electron chi connectivity index (χ2n) is 7.50. The summed E-state index contributed by atoms with van der Waals surface area (Å²) in [5.74, 6) is 0. The Balaban J connectivity index is 1.88. The van der Waals surface area contributed by atoms with Crippen molar-refractivity contribution in [1.29, 1.82) is 0 Å². The zero-order valence-electron chi connectivity index (χ0n) is 16.7. The molecule has 0 heterocycles. The van der Waals surface area contributed by atoms with Crippen LogP contribution < -0.4 is 8.70 Å². The summed E-state index contributed by atoms with van der Waals surface area (Å²) in [5.41, 5.74) is 12.7. The third-order valence-electron chi connectivity index (χ3n) is 6.17. The van der Waals surface area contributed by atoms with Crippen molar-refractivity contribution in [2.45, 2.75) is 16.8 Å². The predicted molar refractivity (Wildman–Crippen MR) is 129 cm³/mol. The molecule has 2 heteroatoms. The molecule has 0 radical (unpaired) electrons. The molecular formula is C27H24As2. The van der Waals surface area contributed by atoms with Crippen LogP contribution in [0.2, 0.25) is 11.4 Å². The first-order chi connectivity index (χ1) is 14.3. The van der Waals surface area contributed by atoms with Crippen molar-refractivity contribution in [3.05, 3.63) is 119 Å². The standard InChI is InChI=1S/C27H24As2/c1-28-21-15-11-19(12-16-21)27(20-13-17-22(29-2)18-14-20)25-9-5-3-7-23(25)24-8-4-6-10-26(24)27/h3-18,28-29H,1-2H3. The molecular weight excluding hydrogens is 474 g/mol. The fourth-order valence-corrected chi connectivity index (χ4v) is 6.90. The molecule has 0 spiro atoms. The molecule has 0 aliphatic heterocycles. The molecule has 0 bridgehead atoms. The van der Waals surface area contributed by atoms with Crippen molar-refractivity contribution in [3.8, 4) is 11.1 Å². The van der Waals surface area contributed by atoms with Gasteiger partial charge in [0, 0.05) is 0 Å². The summed E-state index contributed by atoms with van der Waals surface area (Å²) in [6.45, 7) is 0. The summed E-state index contributed by atoms with van der Waals surface area (Å²) < 4.78 is 3.02. The topological polar surface area (TPSA) is 0 Å². The van der Waals surface area contributed by atoms with Gasteiger partial charge >= 0.3 is 187 Å². The first-order valence-electron chi connectivity index (χ1n) is 10.0. The molecule has 4 aromatic carbocycles. The summed E-state index contributed by atoms with van der Waals surface area (Å²) in [6.07, 6.45) is 0. The molecule has 0 fully saturated rings. The van der Waals surface area contributed by atoms with Crippen LogP contribution in [0.4, 0.5) is 0 Å². The Morgan fingerprint density at radius 1 is 0.483 bits per heavy atom. The van der Waals surface area contributed by atoms with Crippen LogP contribution in [0.15, 0.2) is 97.1 Å². The second kappa shape index (κ2) is 7.68. The second-order valence-corrected chi connectivity index (χ2v) is 12.0. The Bertz CT molecular complexity index is 1060. The molecule has 0 aromatic heterocycles. The maximum atomic E-state index is 2.38. The third kappa shape index (κ3) is 2.89. The van der Waals surface area contributed by atoms with E-state index in [0.29, 0.717) is 0 Å². The van der Waals surface area contributed by atoms with Gasteiger partial charge in [-0.05, 0) is 0 Å². The Hall–Kier alpha value is -2.00. The summed E-state index contributed by atoms with van der Waals surface area (Å²) in [7, 11) is 0. The summed E-state index contributed by atoms with van der Waals surface area (Å²) >= 11 is -0.0587. The van der Waals surface area contributed by atoms with Crippen molar-refractivity contribution in [3.63, 3.8) is 0 Å². The van der Waals surface area contributed by atoms with Crippen LogP contribution in [0.1, 0.15) is 22.3 Å². The Morgan fingerprint density at radius 2 is 0.862 bits per heavy atom. The maximum absolute atomic E-state index is 2.38. The normalized spacial score (nSPS) is 14.6. The van der Waals surface area contributed by atoms with Gasteiger partial charge in [-0.15, -0.1) is 0 Å². The van der Waals surface area contributed by atoms with Gasteiger partial charge < -0.3 is 0 Å². The minimum atomic E-state index is -0.244. The summed E-state index contributed by atoms with van der Waals surface area (Å²) in [5, 5.41) is 0. The number of fused-ring (bicyclic) bond motifs is 3. The Labute approximate surface area is 186 Å². The number of rotatable bonds is 4. The quantitative estimate of drug-likeness (QED) is 0.325. The van der Waals surface area contributed by atoms with Crippen LogP contribution in [0, 0.1) is 0 Å². The molecule has 1 aliphatic rings. The van der Waals surface area contributed by atoms with E-state index in [4.69, 9.17) is 0 Å². The van der Waals surface area contributed by atoms with E-state index < -0.39 is 0 Å². The van der Waals surface area contributed by atoms with Crippen molar-refractivity contribution >= 4 is 40.2 Å². The summed E-state index contributed by atoms with van der Waals surface area (Å²) in [4.78, 5) is 0. The molecule has 4 aromatic rings. The van der Waals surface area contributed by atoms with E-state index in [-0.39, 0.29) is 36.9 Å². The zero-order chi connectivity index (χ0) is 19.8. The van der Waals surface area contributed by atoms with Crippen molar-refractivity contribution in [1.82, 2.24) is 0 Å². The van der Waals surface area contributed by atoms with E-state index in [1.807, 2.05) is 0 Å². The number of benzene rings is 4. The van der Waals surface area contributed by atoms with E-state index in [0.717, 1.165) is 0 Å². The average molecular weight is 498 g/mol. The molecule has 142 valence electrons. The SMILES string of the molecule is C[AsH]c1ccc(C2(c3ccc([AsH]C)cc3)c3ccccc3-c3ccccc32)cc1. The van der Waals surface area contributed by atoms with Crippen LogP contribution in [-0.2, 0) is 5.41 Å². The van der Waals surface area contributed by atoms with E-state index in [1.165, 1.54) is 42.1 Å². The van der Waals surface area contributed by atoms with Gasteiger partial charge in [0.25, 0.3) is 0 Å². The van der Waals surface area contributed by atoms with Gasteiger partial charge in [0.2, 0.25) is 0 Å². The van der Waals surface area contributed by atoms with Crippen molar-refractivity contribution < 1.29 is 0 Å². The van der Waals surface area contributed by atoms with E-state index >= 15 is 0 Å². The van der Waals surface area contributed by atoms with Crippen molar-refractivity contribution in [2.24, 2.45) is 0 Å². The van der Waals surface area contributed by atoms with Crippen LogP contribution in [-0.4, -0.2) is 31.5 Å². The van der Waals surface area contributed by atoms with Gasteiger partial charge in [-0.2, -0.15) is 0 Å². The van der Waals surface area contributed by atoms with Gasteiger partial charge in [-0.25, -0.2) is 0 Å². The average Bonchev–Trinajstić information content (AvgIpc) is 3.11. The monoisotopic (exact) mass is 498 g/mol. The minimum absolute atomic E-state index is 0.0293. The molecule has 0 N–H and O–H groups in total. The van der Waals surface area contributed by atoms with Gasteiger partial charge in [-0.3, -0.25) is 0 Å². The predicted octanol–water partition coefficient (Wildman–Crippen LogP) is 4.27.